The molecular weight excluding hydrogens is 190 g/mol. The number of hydrogen-bond acceptors (Lipinski definition) is 2. The fourth-order valence-corrected chi connectivity index (χ4v) is 1.34. The summed E-state index contributed by atoms with van der Waals surface area (Å²) in [5.41, 5.74) is 0. The molecule has 0 aliphatic carbocycles. The largest absolute Gasteiger partial charge is 0.328 e. The lowest BCUT2D eigenvalue weighted by Crippen LogP contribution is -2.42. The van der Waals surface area contributed by atoms with Gasteiger partial charge in [0.1, 0.15) is 0 Å². The van der Waals surface area contributed by atoms with E-state index in [1.54, 1.807) is 4.90 Å². The fraction of sp³-hybridized carbons (Fsp3) is 0.909. The van der Waals surface area contributed by atoms with E-state index < -0.39 is 0 Å². The first-order valence-corrected chi connectivity index (χ1v) is 5.67. The number of urea groups is 1. The molecule has 0 saturated carbocycles. The van der Waals surface area contributed by atoms with Crippen molar-refractivity contribution in [3.63, 3.8) is 0 Å². The van der Waals surface area contributed by atoms with Crippen LogP contribution in [0.15, 0.2) is 0 Å². The van der Waals surface area contributed by atoms with Gasteiger partial charge in [0, 0.05) is 26.7 Å². The predicted octanol–water partition coefficient (Wildman–Crippen LogP) is 1.33. The van der Waals surface area contributed by atoms with Gasteiger partial charge in [-0.3, -0.25) is 0 Å². The van der Waals surface area contributed by atoms with E-state index in [9.17, 15) is 4.79 Å². The second-order valence-corrected chi connectivity index (χ2v) is 4.03. The molecular formula is C11H25N3O. The third-order valence-electron chi connectivity index (χ3n) is 2.49. The first-order chi connectivity index (χ1) is 7.02. The zero-order chi connectivity index (χ0) is 11.8. The number of hydrogen-bond donors (Lipinski definition) is 0. The Hall–Kier alpha value is -0.770. The van der Waals surface area contributed by atoms with Crippen molar-refractivity contribution in [1.82, 2.24) is 14.7 Å². The molecule has 0 rings (SSSR count). The molecule has 0 N–H and O–H groups in total. The van der Waals surface area contributed by atoms with Crippen molar-refractivity contribution in [2.45, 2.75) is 20.3 Å². The highest BCUT2D eigenvalue weighted by atomic mass is 16.2. The van der Waals surface area contributed by atoms with Crippen molar-refractivity contribution < 1.29 is 4.79 Å². The number of rotatable bonds is 6. The van der Waals surface area contributed by atoms with Crippen molar-refractivity contribution in [1.29, 1.82) is 0 Å². The van der Waals surface area contributed by atoms with Crippen LogP contribution in [0.3, 0.4) is 0 Å². The van der Waals surface area contributed by atoms with Gasteiger partial charge in [0.25, 0.3) is 0 Å². The van der Waals surface area contributed by atoms with E-state index >= 15 is 0 Å². The normalized spacial score (nSPS) is 10.5. The molecule has 0 aromatic carbocycles. The lowest BCUT2D eigenvalue weighted by Gasteiger charge is -2.26. The van der Waals surface area contributed by atoms with Crippen LogP contribution >= 0.6 is 0 Å². The topological polar surface area (TPSA) is 26.8 Å². The summed E-state index contributed by atoms with van der Waals surface area (Å²) in [6.45, 7) is 7.44. The van der Waals surface area contributed by atoms with Crippen LogP contribution in [-0.2, 0) is 0 Å². The molecule has 15 heavy (non-hydrogen) atoms. The van der Waals surface area contributed by atoms with Crippen molar-refractivity contribution in [3.05, 3.63) is 0 Å². The molecule has 0 aliphatic heterocycles. The zero-order valence-electron chi connectivity index (χ0n) is 10.8. The van der Waals surface area contributed by atoms with Crippen LogP contribution in [0.1, 0.15) is 20.3 Å². The Morgan fingerprint density at radius 2 is 1.60 bits per heavy atom. The summed E-state index contributed by atoms with van der Waals surface area (Å²) in [7, 11) is 5.95. The Morgan fingerprint density at radius 3 is 2.00 bits per heavy atom. The van der Waals surface area contributed by atoms with E-state index in [4.69, 9.17) is 0 Å². The summed E-state index contributed by atoms with van der Waals surface area (Å²) in [4.78, 5) is 17.6. The van der Waals surface area contributed by atoms with E-state index in [0.717, 1.165) is 32.6 Å². The molecule has 0 saturated heterocycles. The van der Waals surface area contributed by atoms with Crippen LogP contribution in [0.4, 0.5) is 4.79 Å². The van der Waals surface area contributed by atoms with Crippen molar-refractivity contribution in [3.8, 4) is 0 Å². The van der Waals surface area contributed by atoms with E-state index in [1.165, 1.54) is 0 Å². The average Bonchev–Trinajstić information content (AvgIpc) is 2.22. The number of carbonyl (C=O) groups is 1. The van der Waals surface area contributed by atoms with Crippen LogP contribution in [0.2, 0.25) is 0 Å². The molecule has 2 amide bonds. The minimum absolute atomic E-state index is 0.138. The smallest absolute Gasteiger partial charge is 0.319 e. The van der Waals surface area contributed by atoms with Crippen LogP contribution in [0.5, 0.6) is 0 Å². The highest BCUT2D eigenvalue weighted by molar-refractivity contribution is 5.74. The Balaban J connectivity index is 3.96. The Labute approximate surface area is 93.8 Å². The SMILES string of the molecule is CCN(C)C(=O)N(CC)CCCN(C)C. The van der Waals surface area contributed by atoms with Crippen molar-refractivity contribution in [2.24, 2.45) is 0 Å². The van der Waals surface area contributed by atoms with Gasteiger partial charge < -0.3 is 14.7 Å². The molecule has 4 nitrogen and oxygen atoms in total. The summed E-state index contributed by atoms with van der Waals surface area (Å²) in [6.07, 6.45) is 1.03. The molecule has 0 aromatic heterocycles. The van der Waals surface area contributed by atoms with Gasteiger partial charge in [0.05, 0.1) is 0 Å². The van der Waals surface area contributed by atoms with Crippen LogP contribution in [0, 0.1) is 0 Å². The highest BCUT2D eigenvalue weighted by Gasteiger charge is 2.14. The molecule has 0 bridgehead atoms. The first-order valence-electron chi connectivity index (χ1n) is 5.67. The predicted molar refractivity (Wildman–Crippen MR) is 64.1 cm³/mol. The Kier molecular flexibility index (Phi) is 7.13. The number of amides is 2. The molecule has 90 valence electrons. The van der Waals surface area contributed by atoms with E-state index in [-0.39, 0.29) is 6.03 Å². The average molecular weight is 215 g/mol. The van der Waals surface area contributed by atoms with Gasteiger partial charge in [-0.05, 0) is 40.9 Å². The maximum Gasteiger partial charge on any atom is 0.319 e. The van der Waals surface area contributed by atoms with Crippen molar-refractivity contribution >= 4 is 6.03 Å². The summed E-state index contributed by atoms with van der Waals surface area (Å²) in [6, 6.07) is 0.138. The molecule has 0 radical (unpaired) electrons. The fourth-order valence-electron chi connectivity index (χ4n) is 1.34. The summed E-state index contributed by atoms with van der Waals surface area (Å²) < 4.78 is 0. The lowest BCUT2D eigenvalue weighted by atomic mass is 10.3. The highest BCUT2D eigenvalue weighted by Crippen LogP contribution is 1.98. The quantitative estimate of drug-likeness (QED) is 0.668. The van der Waals surface area contributed by atoms with E-state index in [2.05, 4.69) is 19.0 Å². The third kappa shape index (κ3) is 5.62. The third-order valence-corrected chi connectivity index (χ3v) is 2.49. The summed E-state index contributed by atoms with van der Waals surface area (Å²) >= 11 is 0. The monoisotopic (exact) mass is 215 g/mol. The Morgan fingerprint density at radius 1 is 1.00 bits per heavy atom. The summed E-state index contributed by atoms with van der Waals surface area (Å²) in [5.74, 6) is 0. The molecule has 4 heteroatoms. The van der Waals surface area contributed by atoms with Gasteiger partial charge >= 0.3 is 6.03 Å². The maximum absolute atomic E-state index is 11.8. The second-order valence-electron chi connectivity index (χ2n) is 4.03. The Bertz CT molecular complexity index is 183. The molecule has 0 spiro atoms. The first kappa shape index (κ1) is 14.2. The van der Waals surface area contributed by atoms with Crippen molar-refractivity contribution in [2.75, 3.05) is 47.3 Å². The second kappa shape index (κ2) is 7.51. The lowest BCUT2D eigenvalue weighted by molar-refractivity contribution is 0.165. The molecule has 0 aromatic rings. The van der Waals surface area contributed by atoms with Gasteiger partial charge in [-0.2, -0.15) is 0 Å². The van der Waals surface area contributed by atoms with Crippen LogP contribution in [-0.4, -0.2) is 68.1 Å². The molecule has 0 fully saturated rings. The molecule has 0 atom stereocenters. The minimum Gasteiger partial charge on any atom is -0.328 e. The maximum atomic E-state index is 11.8. The van der Waals surface area contributed by atoms with Gasteiger partial charge in [-0.15, -0.1) is 0 Å². The minimum atomic E-state index is 0.138. The number of carbonyl (C=O) groups excluding carboxylic acids is 1. The molecule has 0 heterocycles. The van der Waals surface area contributed by atoms with Gasteiger partial charge in [0.15, 0.2) is 0 Å². The van der Waals surface area contributed by atoms with Gasteiger partial charge in [-0.25, -0.2) is 4.79 Å². The molecule has 0 aliphatic rings. The zero-order valence-corrected chi connectivity index (χ0v) is 10.8. The van der Waals surface area contributed by atoms with Gasteiger partial charge in [-0.1, -0.05) is 0 Å². The standard InChI is InChI=1S/C11H25N3O/c1-6-13(5)11(15)14(7-2)10-8-9-12(3)4/h6-10H2,1-5H3. The van der Waals surface area contributed by atoms with E-state index in [1.807, 2.05) is 25.8 Å². The van der Waals surface area contributed by atoms with E-state index in [0.29, 0.717) is 0 Å². The molecule has 0 unspecified atom stereocenters. The summed E-state index contributed by atoms with van der Waals surface area (Å²) in [5, 5.41) is 0. The van der Waals surface area contributed by atoms with Gasteiger partial charge in [0.2, 0.25) is 0 Å². The number of nitrogens with zero attached hydrogens (tertiary/aromatic N) is 3. The van der Waals surface area contributed by atoms with Crippen LogP contribution in [0.25, 0.3) is 0 Å². The van der Waals surface area contributed by atoms with Crippen LogP contribution < -0.4 is 0 Å².